The number of aryl methyl sites for hydroxylation is 2. The SMILES string of the molecule is Cc1cc(C)n(CCNC(=O)c2ccc(-n3cnnc3)nc2)n1. The Morgan fingerprint density at radius 2 is 2.00 bits per heavy atom. The summed E-state index contributed by atoms with van der Waals surface area (Å²) in [7, 11) is 0. The number of nitrogens with zero attached hydrogens (tertiary/aromatic N) is 6. The van der Waals surface area contributed by atoms with Crippen molar-refractivity contribution in [3.05, 3.63) is 54.0 Å². The molecule has 0 aliphatic rings. The summed E-state index contributed by atoms with van der Waals surface area (Å²) < 4.78 is 3.55. The molecule has 0 aromatic carbocycles. The van der Waals surface area contributed by atoms with Crippen molar-refractivity contribution < 1.29 is 4.79 Å². The zero-order valence-electron chi connectivity index (χ0n) is 13.0. The Bertz CT molecular complexity index is 790. The van der Waals surface area contributed by atoms with Gasteiger partial charge in [-0.1, -0.05) is 0 Å². The molecule has 0 saturated carbocycles. The standard InChI is InChI=1S/C15H17N7O/c1-11-7-12(2)22(20-11)6-5-16-15(23)13-3-4-14(17-8-13)21-9-18-19-10-21/h3-4,7-10H,5-6H2,1-2H3,(H,16,23). The van der Waals surface area contributed by atoms with E-state index in [1.807, 2.05) is 24.6 Å². The summed E-state index contributed by atoms with van der Waals surface area (Å²) in [4.78, 5) is 16.3. The third-order valence-electron chi connectivity index (χ3n) is 3.41. The first-order chi connectivity index (χ1) is 11.1. The molecule has 3 heterocycles. The number of hydrogen-bond acceptors (Lipinski definition) is 5. The van der Waals surface area contributed by atoms with E-state index < -0.39 is 0 Å². The molecule has 8 nitrogen and oxygen atoms in total. The lowest BCUT2D eigenvalue weighted by Crippen LogP contribution is -2.27. The van der Waals surface area contributed by atoms with Gasteiger partial charge in [0.25, 0.3) is 5.91 Å². The van der Waals surface area contributed by atoms with Crippen molar-refractivity contribution in [3.8, 4) is 5.82 Å². The smallest absolute Gasteiger partial charge is 0.252 e. The van der Waals surface area contributed by atoms with Crippen molar-refractivity contribution in [3.63, 3.8) is 0 Å². The Labute approximate surface area is 133 Å². The Kier molecular flexibility index (Phi) is 4.13. The number of carbonyl (C=O) groups excluding carboxylic acids is 1. The molecule has 1 N–H and O–H groups in total. The fourth-order valence-electron chi connectivity index (χ4n) is 2.27. The van der Waals surface area contributed by atoms with E-state index >= 15 is 0 Å². The molecular weight excluding hydrogens is 294 g/mol. The van der Waals surface area contributed by atoms with Gasteiger partial charge >= 0.3 is 0 Å². The van der Waals surface area contributed by atoms with Gasteiger partial charge in [-0.3, -0.25) is 14.0 Å². The van der Waals surface area contributed by atoms with E-state index in [1.54, 1.807) is 29.4 Å². The monoisotopic (exact) mass is 311 g/mol. The van der Waals surface area contributed by atoms with Crippen LogP contribution in [0.25, 0.3) is 5.82 Å². The molecule has 1 amide bonds. The maximum atomic E-state index is 12.1. The highest BCUT2D eigenvalue weighted by atomic mass is 16.1. The Morgan fingerprint density at radius 3 is 2.61 bits per heavy atom. The van der Waals surface area contributed by atoms with Gasteiger partial charge in [-0.2, -0.15) is 5.10 Å². The molecule has 0 fully saturated rings. The molecule has 0 unspecified atom stereocenters. The van der Waals surface area contributed by atoms with Gasteiger partial charge in [0.05, 0.1) is 17.8 Å². The van der Waals surface area contributed by atoms with Crippen LogP contribution in [-0.2, 0) is 6.54 Å². The van der Waals surface area contributed by atoms with E-state index in [2.05, 4.69) is 25.6 Å². The van der Waals surface area contributed by atoms with E-state index in [1.165, 1.54) is 6.20 Å². The minimum atomic E-state index is -0.158. The molecule has 0 atom stereocenters. The van der Waals surface area contributed by atoms with Gasteiger partial charge in [-0.15, -0.1) is 10.2 Å². The fraction of sp³-hybridized carbons (Fsp3) is 0.267. The number of rotatable bonds is 5. The fourth-order valence-corrected chi connectivity index (χ4v) is 2.27. The summed E-state index contributed by atoms with van der Waals surface area (Å²) >= 11 is 0. The van der Waals surface area contributed by atoms with Crippen molar-refractivity contribution in [2.24, 2.45) is 0 Å². The third-order valence-corrected chi connectivity index (χ3v) is 3.41. The maximum absolute atomic E-state index is 12.1. The zero-order chi connectivity index (χ0) is 16.2. The normalized spacial score (nSPS) is 10.7. The molecular formula is C15H17N7O. The predicted molar refractivity (Wildman–Crippen MR) is 83.2 cm³/mol. The van der Waals surface area contributed by atoms with Crippen LogP contribution in [0.1, 0.15) is 21.7 Å². The highest BCUT2D eigenvalue weighted by Gasteiger charge is 2.07. The molecule has 3 aromatic heterocycles. The van der Waals surface area contributed by atoms with Gasteiger partial charge in [-0.05, 0) is 32.0 Å². The van der Waals surface area contributed by atoms with E-state index in [0.717, 1.165) is 11.4 Å². The molecule has 0 saturated heterocycles. The van der Waals surface area contributed by atoms with Gasteiger partial charge in [-0.25, -0.2) is 4.98 Å². The van der Waals surface area contributed by atoms with Crippen molar-refractivity contribution in [2.45, 2.75) is 20.4 Å². The highest BCUT2D eigenvalue weighted by Crippen LogP contribution is 2.05. The van der Waals surface area contributed by atoms with Gasteiger partial charge in [0, 0.05) is 18.4 Å². The third kappa shape index (κ3) is 3.42. The lowest BCUT2D eigenvalue weighted by Gasteiger charge is -2.07. The molecule has 0 aliphatic carbocycles. The summed E-state index contributed by atoms with van der Waals surface area (Å²) in [5.41, 5.74) is 2.56. The number of nitrogens with one attached hydrogen (secondary N) is 1. The Morgan fingerprint density at radius 1 is 1.22 bits per heavy atom. The van der Waals surface area contributed by atoms with Crippen LogP contribution in [0.4, 0.5) is 0 Å². The van der Waals surface area contributed by atoms with Gasteiger partial charge in [0.1, 0.15) is 18.5 Å². The Balaban J connectivity index is 1.57. The van der Waals surface area contributed by atoms with Crippen molar-refractivity contribution in [2.75, 3.05) is 6.54 Å². The van der Waals surface area contributed by atoms with E-state index in [9.17, 15) is 4.79 Å². The average molecular weight is 311 g/mol. The molecule has 0 bridgehead atoms. The lowest BCUT2D eigenvalue weighted by molar-refractivity contribution is 0.0951. The largest absolute Gasteiger partial charge is 0.350 e. The van der Waals surface area contributed by atoms with Crippen LogP contribution in [0.2, 0.25) is 0 Å². The summed E-state index contributed by atoms with van der Waals surface area (Å²) in [5, 5.41) is 14.7. The van der Waals surface area contributed by atoms with Crippen LogP contribution in [0.3, 0.4) is 0 Å². The second kappa shape index (κ2) is 6.39. The molecule has 0 spiro atoms. The molecule has 23 heavy (non-hydrogen) atoms. The van der Waals surface area contributed by atoms with Gasteiger partial charge < -0.3 is 5.32 Å². The predicted octanol–water partition coefficient (Wildman–Crippen LogP) is 0.906. The van der Waals surface area contributed by atoms with Crippen LogP contribution < -0.4 is 5.32 Å². The first-order valence-corrected chi connectivity index (χ1v) is 7.24. The lowest BCUT2D eigenvalue weighted by atomic mass is 10.2. The maximum Gasteiger partial charge on any atom is 0.252 e. The summed E-state index contributed by atoms with van der Waals surface area (Å²) in [6, 6.07) is 5.48. The highest BCUT2D eigenvalue weighted by molar-refractivity contribution is 5.93. The van der Waals surface area contributed by atoms with Crippen LogP contribution >= 0.6 is 0 Å². The summed E-state index contributed by atoms with van der Waals surface area (Å²) in [5.74, 6) is 0.503. The molecule has 118 valence electrons. The van der Waals surface area contributed by atoms with Crippen molar-refractivity contribution in [1.29, 1.82) is 0 Å². The summed E-state index contributed by atoms with van der Waals surface area (Å²) in [6.07, 6.45) is 4.64. The molecule has 0 radical (unpaired) electrons. The second-order valence-corrected chi connectivity index (χ2v) is 5.18. The minimum absolute atomic E-state index is 0.158. The van der Waals surface area contributed by atoms with Crippen molar-refractivity contribution in [1.82, 2.24) is 34.8 Å². The Hall–Kier alpha value is -3.03. The second-order valence-electron chi connectivity index (χ2n) is 5.18. The van der Waals surface area contributed by atoms with Crippen LogP contribution in [-0.4, -0.2) is 42.0 Å². The number of aromatic nitrogens is 6. The van der Waals surface area contributed by atoms with E-state index in [-0.39, 0.29) is 5.91 Å². The number of hydrogen-bond donors (Lipinski definition) is 1. The molecule has 8 heteroatoms. The van der Waals surface area contributed by atoms with Crippen LogP contribution in [0.5, 0.6) is 0 Å². The zero-order valence-corrected chi connectivity index (χ0v) is 13.0. The van der Waals surface area contributed by atoms with Gasteiger partial charge in [0.2, 0.25) is 0 Å². The van der Waals surface area contributed by atoms with Crippen LogP contribution in [0, 0.1) is 13.8 Å². The first-order valence-electron chi connectivity index (χ1n) is 7.24. The topological polar surface area (TPSA) is 90.5 Å². The molecule has 3 aromatic rings. The van der Waals surface area contributed by atoms with E-state index in [4.69, 9.17) is 0 Å². The molecule has 3 rings (SSSR count). The summed E-state index contributed by atoms with van der Waals surface area (Å²) in [6.45, 7) is 5.09. The average Bonchev–Trinajstić information content (AvgIpc) is 3.18. The quantitative estimate of drug-likeness (QED) is 0.756. The molecule has 0 aliphatic heterocycles. The number of pyridine rings is 1. The van der Waals surface area contributed by atoms with Crippen LogP contribution in [0.15, 0.2) is 37.1 Å². The first kappa shape index (κ1) is 14.9. The number of amides is 1. The van der Waals surface area contributed by atoms with Crippen molar-refractivity contribution >= 4 is 5.91 Å². The number of carbonyl (C=O) groups is 1. The minimum Gasteiger partial charge on any atom is -0.350 e. The van der Waals surface area contributed by atoms with E-state index in [0.29, 0.717) is 24.5 Å². The van der Waals surface area contributed by atoms with Gasteiger partial charge in [0.15, 0.2) is 0 Å².